The van der Waals surface area contributed by atoms with Gasteiger partial charge in [0.25, 0.3) is 5.91 Å². The van der Waals surface area contributed by atoms with Crippen LogP contribution < -0.4 is 5.32 Å². The average molecular weight is 619 g/mol. The summed E-state index contributed by atoms with van der Waals surface area (Å²) in [7, 11) is 0. The molecule has 0 saturated heterocycles. The topological polar surface area (TPSA) is 86.7 Å². The average Bonchev–Trinajstić information content (AvgIpc) is 2.92. The number of carbonyl (C=O) groups excluding carboxylic acids is 2. The number of benzene rings is 3. The number of carbonyl (C=O) groups is 3. The van der Waals surface area contributed by atoms with Gasteiger partial charge in [0.1, 0.15) is 0 Å². The van der Waals surface area contributed by atoms with Gasteiger partial charge in [-0.05, 0) is 59.4 Å². The third-order valence-corrected chi connectivity index (χ3v) is 7.08. The number of hydrogen-bond acceptors (Lipinski definition) is 3. The number of halogens is 4. The summed E-state index contributed by atoms with van der Waals surface area (Å²) in [4.78, 5) is 37.5. The van der Waals surface area contributed by atoms with Gasteiger partial charge in [-0.1, -0.05) is 78.2 Å². The van der Waals surface area contributed by atoms with Gasteiger partial charge >= 0.3 is 18.1 Å². The molecule has 0 spiro atoms. The van der Waals surface area contributed by atoms with Gasteiger partial charge < -0.3 is 15.3 Å². The number of rotatable bonds is 11. The first-order valence-corrected chi connectivity index (χ1v) is 13.6. The van der Waals surface area contributed by atoms with E-state index in [9.17, 15) is 32.7 Å². The highest BCUT2D eigenvalue weighted by Gasteiger charge is 2.30. The number of nitrogens with one attached hydrogen (secondary N) is 1. The minimum atomic E-state index is -4.51. The number of aliphatic carboxylic acids is 1. The molecule has 3 aromatic rings. The molecular weight excluding hydrogens is 589 g/mol. The lowest BCUT2D eigenvalue weighted by molar-refractivity contribution is -0.156. The monoisotopic (exact) mass is 618 g/mol. The van der Waals surface area contributed by atoms with Gasteiger partial charge in [0.15, 0.2) is 0 Å². The van der Waals surface area contributed by atoms with E-state index < -0.39 is 23.6 Å². The first-order valence-electron chi connectivity index (χ1n) is 12.8. The van der Waals surface area contributed by atoms with E-state index >= 15 is 0 Å². The highest BCUT2D eigenvalue weighted by molar-refractivity contribution is 9.10. The highest BCUT2D eigenvalue weighted by atomic mass is 79.9. The molecule has 0 aliphatic rings. The van der Waals surface area contributed by atoms with Crippen LogP contribution in [0.25, 0.3) is 0 Å². The summed E-state index contributed by atoms with van der Waals surface area (Å²) in [5, 5.41) is 12.1. The Morgan fingerprint density at radius 3 is 2.08 bits per heavy atom. The van der Waals surface area contributed by atoms with E-state index in [1.165, 1.54) is 30.5 Å². The van der Waals surface area contributed by atoms with Crippen molar-refractivity contribution < 1.29 is 32.7 Å². The number of hydrogen-bond donors (Lipinski definition) is 2. The Morgan fingerprint density at radius 1 is 0.875 bits per heavy atom. The van der Waals surface area contributed by atoms with Gasteiger partial charge in [0.05, 0.1) is 5.56 Å². The van der Waals surface area contributed by atoms with E-state index in [1.807, 2.05) is 12.1 Å². The zero-order valence-corrected chi connectivity index (χ0v) is 23.5. The van der Waals surface area contributed by atoms with Crippen molar-refractivity contribution in [2.45, 2.75) is 58.4 Å². The molecule has 40 heavy (non-hydrogen) atoms. The summed E-state index contributed by atoms with van der Waals surface area (Å²) in [6.07, 6.45) is 0.0316. The normalized spacial score (nSPS) is 11.2. The summed E-state index contributed by atoms with van der Waals surface area (Å²) in [5.41, 5.74) is 2.61. The molecule has 3 aromatic carbocycles. The van der Waals surface area contributed by atoms with E-state index in [2.05, 4.69) is 40.3 Å². The van der Waals surface area contributed by atoms with Crippen LogP contribution in [-0.2, 0) is 41.8 Å². The lowest BCUT2D eigenvalue weighted by Gasteiger charge is -2.22. The van der Waals surface area contributed by atoms with Crippen LogP contribution in [0.1, 0.15) is 64.4 Å². The third-order valence-electron chi connectivity index (χ3n) is 6.35. The van der Waals surface area contributed by atoms with Crippen LogP contribution in [0.5, 0.6) is 0 Å². The van der Waals surface area contributed by atoms with E-state index in [4.69, 9.17) is 0 Å². The van der Waals surface area contributed by atoms with Crippen LogP contribution in [0.3, 0.4) is 0 Å². The van der Waals surface area contributed by atoms with Crippen LogP contribution in [0.2, 0.25) is 0 Å². The van der Waals surface area contributed by atoms with Crippen molar-refractivity contribution in [2.24, 2.45) is 0 Å². The van der Waals surface area contributed by atoms with Crippen molar-refractivity contribution in [3.05, 3.63) is 105 Å². The molecule has 0 bridgehead atoms. The van der Waals surface area contributed by atoms with Crippen molar-refractivity contribution >= 4 is 33.7 Å². The summed E-state index contributed by atoms with van der Waals surface area (Å²) >= 11 is 3.39. The van der Waals surface area contributed by atoms with Crippen molar-refractivity contribution in [1.82, 2.24) is 10.2 Å². The fourth-order valence-corrected chi connectivity index (χ4v) is 4.57. The maximum absolute atomic E-state index is 12.9. The fraction of sp³-hybridized carbons (Fsp3) is 0.300. The Kier molecular flexibility index (Phi) is 10.9. The number of carboxylic acids is 1. The zero-order chi connectivity index (χ0) is 29.3. The van der Waals surface area contributed by atoms with Gasteiger partial charge in [0.2, 0.25) is 0 Å². The van der Waals surface area contributed by atoms with Crippen molar-refractivity contribution in [1.29, 1.82) is 0 Å². The van der Waals surface area contributed by atoms with Crippen LogP contribution in [0.4, 0.5) is 13.2 Å². The molecule has 0 aliphatic heterocycles. The van der Waals surface area contributed by atoms with Gasteiger partial charge in [-0.15, -0.1) is 0 Å². The van der Waals surface area contributed by atoms with Gasteiger partial charge in [-0.25, -0.2) is 4.79 Å². The first kappa shape index (κ1) is 30.9. The second-order valence-corrected chi connectivity index (χ2v) is 10.3. The van der Waals surface area contributed by atoms with Crippen LogP contribution in [-0.4, -0.2) is 27.8 Å². The van der Waals surface area contributed by atoms with E-state index in [1.54, 1.807) is 18.2 Å². The summed E-state index contributed by atoms with van der Waals surface area (Å²) in [6.45, 7) is 2.16. The largest absolute Gasteiger partial charge is 0.474 e. The Bertz CT molecular complexity index is 1330. The maximum Gasteiger partial charge on any atom is 0.416 e. The molecule has 2 amide bonds. The Hall–Kier alpha value is -3.66. The first-order chi connectivity index (χ1) is 19.0. The molecule has 0 unspecified atom stereocenters. The second-order valence-electron chi connectivity index (χ2n) is 9.42. The Balaban J connectivity index is 1.64. The number of amides is 2. The summed E-state index contributed by atoms with van der Waals surface area (Å²) in [6, 6.07) is 17.0. The molecule has 0 saturated carbocycles. The molecule has 10 heteroatoms. The lowest BCUT2D eigenvalue weighted by atomic mass is 10.1. The number of unbranched alkanes of at least 4 members (excludes halogenated alkanes) is 2. The molecule has 212 valence electrons. The number of aryl methyl sites for hydroxylation is 1. The van der Waals surface area contributed by atoms with Crippen LogP contribution in [0, 0.1) is 0 Å². The van der Waals surface area contributed by atoms with Gasteiger partial charge in [-0.2, -0.15) is 13.2 Å². The fourth-order valence-electron chi connectivity index (χ4n) is 4.06. The van der Waals surface area contributed by atoms with E-state index in [-0.39, 0.29) is 19.0 Å². The standard InChI is InChI=1S/C30H30BrF3N2O4/c1-2-3-4-5-20-6-8-21(9-7-20)17-35-27(37)23-12-13-24(26(31)16-23)19-36(28(38)29(39)40)18-22-10-14-25(15-11-22)30(32,33)34/h6-16H,2-5,17-19H2,1H3,(H,35,37)(H,39,40). The van der Waals surface area contributed by atoms with Gasteiger partial charge in [-0.3, -0.25) is 9.59 Å². The molecule has 6 nitrogen and oxygen atoms in total. The minimum absolute atomic E-state index is 0.140. The van der Waals surface area contributed by atoms with Crippen molar-refractivity contribution in [2.75, 3.05) is 0 Å². The maximum atomic E-state index is 12.9. The van der Waals surface area contributed by atoms with Crippen LogP contribution >= 0.6 is 15.9 Å². The zero-order valence-electron chi connectivity index (χ0n) is 21.9. The second kappa shape index (κ2) is 14.1. The minimum Gasteiger partial charge on any atom is -0.474 e. The molecule has 0 radical (unpaired) electrons. The number of alkyl halides is 3. The predicted octanol–water partition coefficient (Wildman–Crippen LogP) is 6.74. The summed E-state index contributed by atoms with van der Waals surface area (Å²) in [5.74, 6) is -3.19. The van der Waals surface area contributed by atoms with E-state index in [0.29, 0.717) is 27.7 Å². The Labute approximate surface area is 239 Å². The third kappa shape index (κ3) is 8.94. The quantitative estimate of drug-likeness (QED) is 0.184. The van der Waals surface area contributed by atoms with Gasteiger partial charge in [0, 0.05) is 29.7 Å². The predicted molar refractivity (Wildman–Crippen MR) is 148 cm³/mol. The Morgan fingerprint density at radius 2 is 1.50 bits per heavy atom. The SMILES string of the molecule is CCCCCc1ccc(CNC(=O)c2ccc(CN(Cc3ccc(C(F)(F)F)cc3)C(=O)C(=O)O)c(Br)c2)cc1. The van der Waals surface area contributed by atoms with E-state index in [0.717, 1.165) is 35.4 Å². The lowest BCUT2D eigenvalue weighted by Crippen LogP contribution is -2.35. The molecule has 0 atom stereocenters. The number of nitrogens with zero attached hydrogens (tertiary/aromatic N) is 1. The molecule has 0 heterocycles. The summed E-state index contributed by atoms with van der Waals surface area (Å²) < 4.78 is 39.1. The molecule has 0 fully saturated rings. The van der Waals surface area contributed by atoms with Crippen molar-refractivity contribution in [3.8, 4) is 0 Å². The van der Waals surface area contributed by atoms with Crippen molar-refractivity contribution in [3.63, 3.8) is 0 Å². The highest BCUT2D eigenvalue weighted by Crippen LogP contribution is 2.29. The molecule has 0 aliphatic carbocycles. The number of carboxylic acid groups (broad SMARTS) is 1. The molecule has 0 aromatic heterocycles. The smallest absolute Gasteiger partial charge is 0.416 e. The molecule has 3 rings (SSSR count). The van der Waals surface area contributed by atoms with Crippen LogP contribution in [0.15, 0.2) is 71.2 Å². The molecule has 2 N–H and O–H groups in total. The molecular formula is C30H30BrF3N2O4.